The summed E-state index contributed by atoms with van der Waals surface area (Å²) >= 11 is 0. The zero-order valence-electron chi connectivity index (χ0n) is 14.7. The van der Waals surface area contributed by atoms with Gasteiger partial charge in [0.25, 0.3) is 0 Å². The van der Waals surface area contributed by atoms with E-state index in [9.17, 15) is 14.0 Å². The average molecular weight is 372 g/mol. The van der Waals surface area contributed by atoms with Crippen LogP contribution >= 0.6 is 0 Å². The summed E-state index contributed by atoms with van der Waals surface area (Å²) in [7, 11) is 0. The van der Waals surface area contributed by atoms with Crippen molar-refractivity contribution < 1.29 is 14.0 Å². The van der Waals surface area contributed by atoms with Gasteiger partial charge in [0.1, 0.15) is 5.82 Å². The number of rotatable bonds is 7. The second kappa shape index (κ2) is 8.52. The lowest BCUT2D eigenvalue weighted by Gasteiger charge is -2.26. The molecule has 0 saturated heterocycles. The quantitative estimate of drug-likeness (QED) is 0.709. The Morgan fingerprint density at radius 1 is 1.22 bits per heavy atom. The molecule has 1 aromatic heterocycles. The van der Waals surface area contributed by atoms with Gasteiger partial charge in [0, 0.05) is 18.0 Å². The number of primary amides is 1. The minimum absolute atomic E-state index is 0.138. The van der Waals surface area contributed by atoms with Crippen molar-refractivity contribution in [3.05, 3.63) is 42.2 Å². The second-order valence-corrected chi connectivity index (χ2v) is 6.45. The van der Waals surface area contributed by atoms with Crippen molar-refractivity contribution >= 4 is 11.8 Å². The first-order valence-electron chi connectivity index (χ1n) is 8.80. The predicted octanol–water partition coefficient (Wildman–Crippen LogP) is 1.20. The molecule has 0 fully saturated rings. The molecule has 1 aliphatic rings. The Kier molecular flexibility index (Phi) is 5.90. The number of halogens is 1. The van der Waals surface area contributed by atoms with E-state index in [4.69, 9.17) is 5.73 Å². The maximum atomic E-state index is 13.0. The molecule has 9 heteroatoms. The molecule has 2 amide bonds. The van der Waals surface area contributed by atoms with Gasteiger partial charge in [0.15, 0.2) is 0 Å². The maximum Gasteiger partial charge on any atom is 0.222 e. The molecule has 0 radical (unpaired) electrons. The number of amides is 2. The highest BCUT2D eigenvalue weighted by molar-refractivity contribution is 5.80. The van der Waals surface area contributed by atoms with E-state index in [2.05, 4.69) is 20.7 Å². The number of carbonyl (C=O) groups excluding carboxylic acids is 2. The van der Waals surface area contributed by atoms with E-state index in [0.29, 0.717) is 37.2 Å². The summed E-state index contributed by atoms with van der Waals surface area (Å²) in [5.74, 6) is -0.832. The number of nitrogens with zero attached hydrogens (tertiary/aromatic N) is 4. The van der Waals surface area contributed by atoms with E-state index in [1.54, 1.807) is 12.1 Å². The van der Waals surface area contributed by atoms with Gasteiger partial charge in [-0.05, 0) is 48.7 Å². The Hall–Kier alpha value is -3.10. The van der Waals surface area contributed by atoms with Gasteiger partial charge in [-0.15, -0.1) is 10.2 Å². The fourth-order valence-electron chi connectivity index (χ4n) is 3.00. The maximum absolute atomic E-state index is 13.0. The zero-order chi connectivity index (χ0) is 19.2. The molecule has 3 N–H and O–H groups in total. The number of hydrogen-bond donors (Lipinski definition) is 2. The molecule has 1 aromatic carbocycles. The molecule has 3 rings (SSSR count). The van der Waals surface area contributed by atoms with E-state index in [0.717, 1.165) is 0 Å². The summed E-state index contributed by atoms with van der Waals surface area (Å²) in [6.07, 6.45) is 5.81. The first-order chi connectivity index (χ1) is 13.0. The minimum Gasteiger partial charge on any atom is -0.369 e. The number of nitrogens with one attached hydrogen (secondary N) is 1. The number of benzene rings is 1. The summed E-state index contributed by atoms with van der Waals surface area (Å²) in [5, 5.41) is 15.0. The highest BCUT2D eigenvalue weighted by Gasteiger charge is 2.28. The second-order valence-electron chi connectivity index (χ2n) is 6.45. The van der Waals surface area contributed by atoms with Crippen molar-refractivity contribution in [2.45, 2.75) is 38.3 Å². The molecule has 8 nitrogen and oxygen atoms in total. The van der Waals surface area contributed by atoms with Crippen molar-refractivity contribution in [1.29, 1.82) is 0 Å². The van der Waals surface area contributed by atoms with Crippen molar-refractivity contribution in [1.82, 2.24) is 25.5 Å². The van der Waals surface area contributed by atoms with Crippen LogP contribution in [0.25, 0.3) is 11.4 Å². The number of nitrogens with two attached hydrogens (primary N) is 1. The van der Waals surface area contributed by atoms with Crippen LogP contribution < -0.4 is 11.1 Å². The van der Waals surface area contributed by atoms with Crippen molar-refractivity contribution in [2.75, 3.05) is 0 Å². The van der Waals surface area contributed by atoms with Crippen molar-refractivity contribution in [2.24, 2.45) is 11.7 Å². The average Bonchev–Trinajstić information content (AvgIpc) is 3.11. The number of hydrogen-bond acceptors (Lipinski definition) is 5. The molecule has 0 spiro atoms. The number of tetrazole rings is 1. The van der Waals surface area contributed by atoms with Gasteiger partial charge in [-0.25, -0.2) is 4.39 Å². The van der Waals surface area contributed by atoms with Crippen LogP contribution in [0.1, 0.15) is 25.7 Å². The third-order valence-corrected chi connectivity index (χ3v) is 4.46. The highest BCUT2D eigenvalue weighted by atomic mass is 19.1. The van der Waals surface area contributed by atoms with E-state index in [1.165, 1.54) is 16.9 Å². The Labute approximate surface area is 155 Å². The SMILES string of the molecule is NC(=O)[C@@H]1CC=CC[C@H]1NC(=O)CCCn1nnc(-c2ccc(F)cc2)n1. The molecule has 2 atom stereocenters. The summed E-state index contributed by atoms with van der Waals surface area (Å²) in [6, 6.07) is 5.57. The van der Waals surface area contributed by atoms with Crippen LogP contribution in [0.4, 0.5) is 4.39 Å². The standard InChI is InChI=1S/C18H21FN6O2/c19-13-9-7-12(8-10-13)18-22-24-25(23-18)11-3-6-16(26)21-15-5-2-1-4-14(15)17(20)27/h1-2,7-10,14-15H,3-6,11H2,(H2,20,27)(H,21,26)/t14-,15-/m1/s1. The Morgan fingerprint density at radius 3 is 2.70 bits per heavy atom. The summed E-state index contributed by atoms with van der Waals surface area (Å²) in [6.45, 7) is 0.422. The molecule has 27 heavy (non-hydrogen) atoms. The molecule has 0 unspecified atom stereocenters. The third-order valence-electron chi connectivity index (χ3n) is 4.46. The van der Waals surface area contributed by atoms with Crippen LogP contribution in [0.15, 0.2) is 36.4 Å². The van der Waals surface area contributed by atoms with Gasteiger partial charge in [-0.3, -0.25) is 9.59 Å². The molecular formula is C18H21FN6O2. The van der Waals surface area contributed by atoms with Gasteiger partial charge in [0.05, 0.1) is 12.5 Å². The molecule has 1 aliphatic carbocycles. The Morgan fingerprint density at radius 2 is 1.96 bits per heavy atom. The van der Waals surface area contributed by atoms with Gasteiger partial charge in [0.2, 0.25) is 17.6 Å². The van der Waals surface area contributed by atoms with Crippen LogP contribution in [0.2, 0.25) is 0 Å². The fraction of sp³-hybridized carbons (Fsp3) is 0.389. The Balaban J connectivity index is 1.47. The largest absolute Gasteiger partial charge is 0.369 e. The lowest BCUT2D eigenvalue weighted by Crippen LogP contribution is -2.46. The van der Waals surface area contributed by atoms with E-state index in [-0.39, 0.29) is 30.1 Å². The first-order valence-corrected chi connectivity index (χ1v) is 8.80. The van der Waals surface area contributed by atoms with Gasteiger partial charge < -0.3 is 11.1 Å². The summed E-state index contributed by atoms with van der Waals surface area (Å²) < 4.78 is 13.0. The lowest BCUT2D eigenvalue weighted by molar-refractivity contribution is -0.125. The van der Waals surface area contributed by atoms with Gasteiger partial charge in [-0.2, -0.15) is 4.80 Å². The predicted molar refractivity (Wildman–Crippen MR) is 95.4 cm³/mol. The number of allylic oxidation sites excluding steroid dienone is 1. The van der Waals surface area contributed by atoms with E-state index >= 15 is 0 Å². The summed E-state index contributed by atoms with van der Waals surface area (Å²) in [5.41, 5.74) is 6.07. The minimum atomic E-state index is -0.398. The summed E-state index contributed by atoms with van der Waals surface area (Å²) in [4.78, 5) is 25.0. The van der Waals surface area contributed by atoms with Crippen LogP contribution in [0.5, 0.6) is 0 Å². The van der Waals surface area contributed by atoms with Crippen LogP contribution in [0.3, 0.4) is 0 Å². The molecule has 0 bridgehead atoms. The van der Waals surface area contributed by atoms with Crippen LogP contribution in [0, 0.1) is 11.7 Å². The smallest absolute Gasteiger partial charge is 0.222 e. The van der Waals surface area contributed by atoms with Gasteiger partial charge >= 0.3 is 0 Å². The van der Waals surface area contributed by atoms with Crippen molar-refractivity contribution in [3.8, 4) is 11.4 Å². The molecule has 0 aliphatic heterocycles. The number of carbonyl (C=O) groups is 2. The fourth-order valence-corrected chi connectivity index (χ4v) is 3.00. The monoisotopic (exact) mass is 372 g/mol. The third kappa shape index (κ3) is 4.96. The molecule has 2 aromatic rings. The van der Waals surface area contributed by atoms with E-state index in [1.807, 2.05) is 12.2 Å². The first kappa shape index (κ1) is 18.7. The zero-order valence-corrected chi connectivity index (χ0v) is 14.7. The molecular weight excluding hydrogens is 351 g/mol. The Bertz CT molecular complexity index is 833. The topological polar surface area (TPSA) is 116 Å². The van der Waals surface area contributed by atoms with Gasteiger partial charge in [-0.1, -0.05) is 12.2 Å². The van der Waals surface area contributed by atoms with Crippen LogP contribution in [-0.4, -0.2) is 38.1 Å². The number of aryl methyl sites for hydroxylation is 1. The molecule has 1 heterocycles. The number of aromatic nitrogens is 4. The van der Waals surface area contributed by atoms with Crippen molar-refractivity contribution in [3.63, 3.8) is 0 Å². The van der Waals surface area contributed by atoms with Crippen LogP contribution in [-0.2, 0) is 16.1 Å². The lowest BCUT2D eigenvalue weighted by atomic mass is 9.88. The van der Waals surface area contributed by atoms with E-state index < -0.39 is 5.91 Å². The highest BCUT2D eigenvalue weighted by Crippen LogP contribution is 2.19. The normalized spacial score (nSPS) is 19.0. The molecule has 0 saturated carbocycles. The molecule has 142 valence electrons.